The van der Waals surface area contributed by atoms with E-state index < -0.39 is 6.29 Å². The zero-order valence-electron chi connectivity index (χ0n) is 8.62. The summed E-state index contributed by atoms with van der Waals surface area (Å²) >= 11 is 0. The highest BCUT2D eigenvalue weighted by Gasteiger charge is 2.05. The molecule has 0 radical (unpaired) electrons. The second-order valence-electron chi connectivity index (χ2n) is 2.95. The lowest BCUT2D eigenvalue weighted by Crippen LogP contribution is -2.20. The van der Waals surface area contributed by atoms with Gasteiger partial charge in [-0.05, 0) is 12.8 Å². The van der Waals surface area contributed by atoms with E-state index in [1.165, 1.54) is 0 Å². The number of hydrogen-bond acceptors (Lipinski definition) is 3. The van der Waals surface area contributed by atoms with Gasteiger partial charge in [0, 0.05) is 0 Å². The Kier molecular flexibility index (Phi) is 9.37. The van der Waals surface area contributed by atoms with Crippen LogP contribution in [-0.2, 0) is 14.3 Å². The molecule has 0 bridgehead atoms. The molecule has 0 fully saturated rings. The number of rotatable bonds is 9. The second-order valence-corrected chi connectivity index (χ2v) is 2.95. The first kappa shape index (κ1) is 12.6. The molecule has 0 unspecified atom stereocenters. The lowest BCUT2D eigenvalue weighted by atomic mass is 10.3. The van der Waals surface area contributed by atoms with Crippen LogP contribution in [0, 0.1) is 0 Å². The number of ether oxygens (including phenoxy) is 2. The summed E-state index contributed by atoms with van der Waals surface area (Å²) in [5.41, 5.74) is 0. The van der Waals surface area contributed by atoms with Gasteiger partial charge in [0.1, 0.15) is 0 Å². The minimum Gasteiger partial charge on any atom is -0.346 e. The van der Waals surface area contributed by atoms with Crippen molar-refractivity contribution < 1.29 is 14.3 Å². The van der Waals surface area contributed by atoms with Crippen LogP contribution in [0.25, 0.3) is 0 Å². The molecule has 0 aromatic carbocycles. The van der Waals surface area contributed by atoms with Gasteiger partial charge in [-0.25, -0.2) is 0 Å². The van der Waals surface area contributed by atoms with Gasteiger partial charge in [-0.3, -0.25) is 4.79 Å². The van der Waals surface area contributed by atoms with Gasteiger partial charge in [0.25, 0.3) is 0 Å². The van der Waals surface area contributed by atoms with Crippen molar-refractivity contribution in [2.45, 2.75) is 45.8 Å². The van der Waals surface area contributed by atoms with Crippen LogP contribution in [0.3, 0.4) is 0 Å². The van der Waals surface area contributed by atoms with Crippen molar-refractivity contribution in [1.29, 1.82) is 0 Å². The Morgan fingerprint density at radius 1 is 1.08 bits per heavy atom. The van der Waals surface area contributed by atoms with Crippen molar-refractivity contribution in [3.8, 4) is 0 Å². The van der Waals surface area contributed by atoms with Crippen molar-refractivity contribution in [2.24, 2.45) is 0 Å². The van der Waals surface area contributed by atoms with E-state index >= 15 is 0 Å². The number of carbonyl (C=O) groups is 1. The Labute approximate surface area is 80.4 Å². The quantitative estimate of drug-likeness (QED) is 0.316. The highest BCUT2D eigenvalue weighted by atomic mass is 16.7. The maximum atomic E-state index is 10.4. The molecule has 0 aliphatic heterocycles. The van der Waals surface area contributed by atoms with Gasteiger partial charge >= 0.3 is 0 Å². The number of hydrogen-bond donors (Lipinski definition) is 0. The fourth-order valence-corrected chi connectivity index (χ4v) is 0.814. The van der Waals surface area contributed by atoms with Gasteiger partial charge in [0.2, 0.25) is 6.29 Å². The summed E-state index contributed by atoms with van der Waals surface area (Å²) in [5, 5.41) is 0. The van der Waals surface area contributed by atoms with Crippen LogP contribution < -0.4 is 0 Å². The van der Waals surface area contributed by atoms with E-state index in [0.717, 1.165) is 25.7 Å². The van der Waals surface area contributed by atoms with E-state index in [0.29, 0.717) is 19.5 Å². The summed E-state index contributed by atoms with van der Waals surface area (Å²) in [7, 11) is 0. The summed E-state index contributed by atoms with van der Waals surface area (Å²) in [4.78, 5) is 10.4. The van der Waals surface area contributed by atoms with Crippen molar-refractivity contribution in [3.63, 3.8) is 0 Å². The van der Waals surface area contributed by atoms with E-state index in [9.17, 15) is 4.79 Å². The van der Waals surface area contributed by atoms with Crippen molar-refractivity contribution >= 4 is 6.29 Å². The number of carbonyl (C=O) groups excluding carboxylic acids is 1. The van der Waals surface area contributed by atoms with Gasteiger partial charge in [-0.1, -0.05) is 26.7 Å². The summed E-state index contributed by atoms with van der Waals surface area (Å²) in [6, 6.07) is 0. The SMILES string of the molecule is CCCCOC(C=O)OCCCC. The predicted octanol–water partition coefficient (Wildman–Crippen LogP) is 2.14. The standard InChI is InChI=1S/C10H20O3/c1-3-5-7-12-10(9-11)13-8-6-4-2/h9-10H,3-8H2,1-2H3. The zero-order chi connectivity index (χ0) is 9.94. The number of aldehydes is 1. The van der Waals surface area contributed by atoms with Gasteiger partial charge in [0.15, 0.2) is 6.29 Å². The van der Waals surface area contributed by atoms with Crippen LogP contribution in [0.1, 0.15) is 39.5 Å². The van der Waals surface area contributed by atoms with E-state index in [1.54, 1.807) is 0 Å². The molecule has 0 aromatic rings. The molecule has 3 nitrogen and oxygen atoms in total. The summed E-state index contributed by atoms with van der Waals surface area (Å²) < 4.78 is 10.4. The maximum Gasteiger partial charge on any atom is 0.214 e. The van der Waals surface area contributed by atoms with E-state index in [4.69, 9.17) is 9.47 Å². The second kappa shape index (κ2) is 9.68. The third kappa shape index (κ3) is 7.94. The Hall–Kier alpha value is -0.410. The summed E-state index contributed by atoms with van der Waals surface area (Å²) in [5.74, 6) is 0. The van der Waals surface area contributed by atoms with Crippen LogP contribution in [0.15, 0.2) is 0 Å². The average Bonchev–Trinajstić information content (AvgIpc) is 2.16. The van der Waals surface area contributed by atoms with Crippen LogP contribution in [0.5, 0.6) is 0 Å². The topological polar surface area (TPSA) is 35.5 Å². The molecule has 0 atom stereocenters. The lowest BCUT2D eigenvalue weighted by molar-refractivity contribution is -0.158. The maximum absolute atomic E-state index is 10.4. The fraction of sp³-hybridized carbons (Fsp3) is 0.900. The third-order valence-electron chi connectivity index (χ3n) is 1.67. The van der Waals surface area contributed by atoms with E-state index in [1.807, 2.05) is 0 Å². The van der Waals surface area contributed by atoms with E-state index in [-0.39, 0.29) is 0 Å². The van der Waals surface area contributed by atoms with Crippen LogP contribution in [0.4, 0.5) is 0 Å². The fourth-order valence-electron chi connectivity index (χ4n) is 0.814. The van der Waals surface area contributed by atoms with Gasteiger partial charge in [0.05, 0.1) is 13.2 Å². The van der Waals surface area contributed by atoms with Gasteiger partial charge in [-0.15, -0.1) is 0 Å². The van der Waals surface area contributed by atoms with E-state index in [2.05, 4.69) is 13.8 Å². The normalized spacial score (nSPS) is 10.7. The average molecular weight is 188 g/mol. The molecule has 0 rings (SSSR count). The predicted molar refractivity (Wildman–Crippen MR) is 51.6 cm³/mol. The number of unbranched alkanes of at least 4 members (excludes halogenated alkanes) is 2. The highest BCUT2D eigenvalue weighted by Crippen LogP contribution is 1.97. The molecule has 78 valence electrons. The largest absolute Gasteiger partial charge is 0.346 e. The first-order chi connectivity index (χ1) is 6.35. The Balaban J connectivity index is 3.34. The molecule has 0 spiro atoms. The summed E-state index contributed by atoms with van der Waals surface area (Å²) in [6.45, 7) is 5.37. The lowest BCUT2D eigenvalue weighted by Gasteiger charge is -2.11. The Morgan fingerprint density at radius 3 is 1.85 bits per heavy atom. The van der Waals surface area contributed by atoms with Crippen molar-refractivity contribution in [3.05, 3.63) is 0 Å². The first-order valence-electron chi connectivity index (χ1n) is 5.03. The van der Waals surface area contributed by atoms with Crippen LogP contribution in [0.2, 0.25) is 0 Å². The van der Waals surface area contributed by atoms with Gasteiger partial charge in [-0.2, -0.15) is 0 Å². The highest BCUT2D eigenvalue weighted by molar-refractivity contribution is 5.53. The molecule has 0 N–H and O–H groups in total. The first-order valence-corrected chi connectivity index (χ1v) is 5.03. The van der Waals surface area contributed by atoms with Crippen LogP contribution >= 0.6 is 0 Å². The van der Waals surface area contributed by atoms with Crippen molar-refractivity contribution in [2.75, 3.05) is 13.2 Å². The molecular formula is C10H20O3. The Bertz CT molecular complexity index is 105. The van der Waals surface area contributed by atoms with Crippen LogP contribution in [-0.4, -0.2) is 25.8 Å². The molecule has 3 heteroatoms. The van der Waals surface area contributed by atoms with Gasteiger partial charge < -0.3 is 9.47 Å². The monoisotopic (exact) mass is 188 g/mol. The molecule has 0 saturated heterocycles. The van der Waals surface area contributed by atoms with Crippen molar-refractivity contribution in [1.82, 2.24) is 0 Å². The molecule has 0 heterocycles. The molecule has 13 heavy (non-hydrogen) atoms. The zero-order valence-corrected chi connectivity index (χ0v) is 8.62. The minimum atomic E-state index is -0.655. The summed E-state index contributed by atoms with van der Waals surface area (Å²) in [6.07, 6.45) is 4.15. The minimum absolute atomic E-state index is 0.603. The third-order valence-corrected chi connectivity index (χ3v) is 1.67. The molecule has 0 saturated carbocycles. The smallest absolute Gasteiger partial charge is 0.214 e. The molecule has 0 aliphatic rings. The molecule has 0 amide bonds. The molecular weight excluding hydrogens is 168 g/mol. The molecule has 0 aromatic heterocycles. The Morgan fingerprint density at radius 2 is 1.54 bits per heavy atom. The molecule has 0 aliphatic carbocycles.